The number of hydrogen-bond acceptors (Lipinski definition) is 2. The highest BCUT2D eigenvalue weighted by Crippen LogP contribution is 2.38. The van der Waals surface area contributed by atoms with Crippen molar-refractivity contribution in [2.24, 2.45) is 11.7 Å². The van der Waals surface area contributed by atoms with Gasteiger partial charge in [-0.25, -0.2) is 0 Å². The second-order valence-corrected chi connectivity index (χ2v) is 8.08. The molecule has 122 valence electrons. The van der Waals surface area contributed by atoms with Crippen LogP contribution in [0.2, 0.25) is 0 Å². The number of likely N-dealkylation sites (tertiary alicyclic amines) is 1. The van der Waals surface area contributed by atoms with Crippen molar-refractivity contribution in [2.45, 2.75) is 69.9 Å². The average molecular weight is 300 g/mol. The van der Waals surface area contributed by atoms with E-state index in [-0.39, 0.29) is 5.54 Å². The highest BCUT2D eigenvalue weighted by molar-refractivity contribution is 5.20. The van der Waals surface area contributed by atoms with Gasteiger partial charge in [-0.05, 0) is 69.0 Å². The first-order valence-corrected chi connectivity index (χ1v) is 9.14. The highest BCUT2D eigenvalue weighted by Gasteiger charge is 2.39. The van der Waals surface area contributed by atoms with E-state index in [0.29, 0.717) is 5.92 Å². The van der Waals surface area contributed by atoms with Crippen molar-refractivity contribution >= 4 is 0 Å². The molecule has 1 heterocycles. The summed E-state index contributed by atoms with van der Waals surface area (Å²) in [4.78, 5) is 2.73. The van der Waals surface area contributed by atoms with Crippen molar-refractivity contribution in [1.82, 2.24) is 4.90 Å². The van der Waals surface area contributed by atoms with E-state index >= 15 is 0 Å². The van der Waals surface area contributed by atoms with E-state index in [1.807, 2.05) is 0 Å². The fourth-order valence-electron chi connectivity index (χ4n) is 4.76. The third-order valence-electron chi connectivity index (χ3n) is 5.75. The second kappa shape index (κ2) is 6.72. The van der Waals surface area contributed by atoms with E-state index in [4.69, 9.17) is 5.73 Å². The zero-order valence-corrected chi connectivity index (χ0v) is 14.3. The summed E-state index contributed by atoms with van der Waals surface area (Å²) in [5, 5.41) is 0. The van der Waals surface area contributed by atoms with Crippen molar-refractivity contribution in [3.63, 3.8) is 0 Å². The molecule has 1 saturated heterocycles. The van der Waals surface area contributed by atoms with Crippen LogP contribution in [0.25, 0.3) is 0 Å². The molecular formula is C20H32N2. The normalized spacial score (nSPS) is 31.0. The molecule has 22 heavy (non-hydrogen) atoms. The lowest BCUT2D eigenvalue weighted by atomic mass is 9.87. The Bertz CT molecular complexity index is 462. The maximum atomic E-state index is 6.65. The Kier molecular flexibility index (Phi) is 4.89. The SMILES string of the molecule is CC(C)CC1(N)CCC(N2CCC(c3ccccc3)CC2)C1. The number of nitrogens with zero attached hydrogens (tertiary/aromatic N) is 1. The van der Waals surface area contributed by atoms with E-state index in [1.54, 1.807) is 0 Å². The molecule has 1 aliphatic carbocycles. The van der Waals surface area contributed by atoms with Crippen molar-refractivity contribution in [3.8, 4) is 0 Å². The van der Waals surface area contributed by atoms with Crippen LogP contribution in [-0.4, -0.2) is 29.6 Å². The third-order valence-corrected chi connectivity index (χ3v) is 5.75. The van der Waals surface area contributed by atoms with Crippen molar-refractivity contribution in [3.05, 3.63) is 35.9 Å². The van der Waals surface area contributed by atoms with Crippen LogP contribution in [-0.2, 0) is 0 Å². The predicted molar refractivity (Wildman–Crippen MR) is 94.0 cm³/mol. The van der Waals surface area contributed by atoms with Gasteiger partial charge in [0.05, 0.1) is 0 Å². The molecule has 1 aliphatic heterocycles. The van der Waals surface area contributed by atoms with Crippen molar-refractivity contribution < 1.29 is 0 Å². The summed E-state index contributed by atoms with van der Waals surface area (Å²) in [6.45, 7) is 7.10. The average Bonchev–Trinajstić information content (AvgIpc) is 2.89. The lowest BCUT2D eigenvalue weighted by Gasteiger charge is -2.37. The van der Waals surface area contributed by atoms with Gasteiger partial charge in [0.1, 0.15) is 0 Å². The molecule has 2 fully saturated rings. The minimum absolute atomic E-state index is 0.106. The van der Waals surface area contributed by atoms with Crippen LogP contribution < -0.4 is 5.73 Å². The lowest BCUT2D eigenvalue weighted by Crippen LogP contribution is -2.44. The zero-order valence-electron chi connectivity index (χ0n) is 14.3. The van der Waals surface area contributed by atoms with Gasteiger partial charge in [-0.1, -0.05) is 44.2 Å². The molecule has 2 nitrogen and oxygen atoms in total. The van der Waals surface area contributed by atoms with Gasteiger partial charge in [0, 0.05) is 11.6 Å². The Morgan fingerprint density at radius 3 is 2.45 bits per heavy atom. The summed E-state index contributed by atoms with van der Waals surface area (Å²) in [5.41, 5.74) is 8.28. The molecule has 0 bridgehead atoms. The maximum Gasteiger partial charge on any atom is 0.0172 e. The predicted octanol–water partition coefficient (Wildman–Crippen LogP) is 4.16. The van der Waals surface area contributed by atoms with E-state index in [0.717, 1.165) is 12.0 Å². The van der Waals surface area contributed by atoms with E-state index in [1.165, 1.54) is 57.2 Å². The standard InChI is InChI=1S/C20H32N2/c1-16(2)14-20(21)11-8-19(15-20)22-12-9-18(10-13-22)17-6-4-3-5-7-17/h3-7,16,18-19H,8-15,21H2,1-2H3. The molecule has 2 aliphatic rings. The molecule has 1 saturated carbocycles. The Hall–Kier alpha value is -0.860. The highest BCUT2D eigenvalue weighted by atomic mass is 15.2. The molecule has 2 heteroatoms. The molecular weight excluding hydrogens is 268 g/mol. The van der Waals surface area contributed by atoms with E-state index < -0.39 is 0 Å². The summed E-state index contributed by atoms with van der Waals surface area (Å²) in [5.74, 6) is 1.48. The third kappa shape index (κ3) is 3.72. The van der Waals surface area contributed by atoms with Gasteiger partial charge in [-0.3, -0.25) is 0 Å². The quantitative estimate of drug-likeness (QED) is 0.904. The maximum absolute atomic E-state index is 6.65. The summed E-state index contributed by atoms with van der Waals surface area (Å²) >= 11 is 0. The van der Waals surface area contributed by atoms with Crippen LogP contribution in [0.4, 0.5) is 0 Å². The minimum Gasteiger partial charge on any atom is -0.325 e. The Labute approximate surface area is 136 Å². The van der Waals surface area contributed by atoms with Gasteiger partial charge in [0.2, 0.25) is 0 Å². The molecule has 0 radical (unpaired) electrons. The van der Waals surface area contributed by atoms with E-state index in [2.05, 4.69) is 49.1 Å². The minimum atomic E-state index is 0.106. The van der Waals surface area contributed by atoms with Crippen LogP contribution in [0.1, 0.15) is 63.9 Å². The van der Waals surface area contributed by atoms with Crippen LogP contribution in [0.15, 0.2) is 30.3 Å². The van der Waals surface area contributed by atoms with E-state index in [9.17, 15) is 0 Å². The smallest absolute Gasteiger partial charge is 0.0172 e. The number of piperidine rings is 1. The Morgan fingerprint density at radius 1 is 1.14 bits per heavy atom. The van der Waals surface area contributed by atoms with Crippen LogP contribution in [0, 0.1) is 5.92 Å². The van der Waals surface area contributed by atoms with Crippen molar-refractivity contribution in [2.75, 3.05) is 13.1 Å². The molecule has 3 rings (SSSR count). The van der Waals surface area contributed by atoms with Gasteiger partial charge in [0.25, 0.3) is 0 Å². The van der Waals surface area contributed by atoms with Crippen LogP contribution in [0.5, 0.6) is 0 Å². The molecule has 0 spiro atoms. The number of benzene rings is 1. The molecule has 2 atom stereocenters. The summed E-state index contributed by atoms with van der Waals surface area (Å²) in [6, 6.07) is 11.8. The van der Waals surface area contributed by atoms with Crippen LogP contribution in [0.3, 0.4) is 0 Å². The molecule has 0 aromatic heterocycles. The number of rotatable bonds is 4. The van der Waals surface area contributed by atoms with Gasteiger partial charge in [0.15, 0.2) is 0 Å². The Balaban J connectivity index is 1.52. The molecule has 0 amide bonds. The first kappa shape index (κ1) is 16.0. The largest absolute Gasteiger partial charge is 0.325 e. The fraction of sp³-hybridized carbons (Fsp3) is 0.700. The van der Waals surface area contributed by atoms with Crippen LogP contribution >= 0.6 is 0 Å². The fourth-order valence-corrected chi connectivity index (χ4v) is 4.76. The molecule has 1 aromatic carbocycles. The second-order valence-electron chi connectivity index (χ2n) is 8.08. The summed E-state index contributed by atoms with van der Waals surface area (Å²) < 4.78 is 0. The number of hydrogen-bond donors (Lipinski definition) is 1. The summed E-state index contributed by atoms with van der Waals surface area (Å²) in [7, 11) is 0. The van der Waals surface area contributed by atoms with Gasteiger partial charge in [-0.2, -0.15) is 0 Å². The van der Waals surface area contributed by atoms with Gasteiger partial charge >= 0.3 is 0 Å². The monoisotopic (exact) mass is 300 g/mol. The van der Waals surface area contributed by atoms with Gasteiger partial charge < -0.3 is 10.6 Å². The first-order valence-electron chi connectivity index (χ1n) is 9.14. The Morgan fingerprint density at radius 2 is 1.82 bits per heavy atom. The molecule has 1 aromatic rings. The zero-order chi connectivity index (χ0) is 15.6. The molecule has 2 N–H and O–H groups in total. The summed E-state index contributed by atoms with van der Waals surface area (Å²) in [6.07, 6.45) is 7.53. The van der Waals surface area contributed by atoms with Gasteiger partial charge in [-0.15, -0.1) is 0 Å². The molecule has 2 unspecified atom stereocenters. The van der Waals surface area contributed by atoms with Crippen molar-refractivity contribution in [1.29, 1.82) is 0 Å². The lowest BCUT2D eigenvalue weighted by molar-refractivity contribution is 0.147. The topological polar surface area (TPSA) is 29.3 Å². The number of nitrogens with two attached hydrogens (primary N) is 1. The first-order chi connectivity index (χ1) is 10.6.